The topological polar surface area (TPSA) is 71.2 Å². The summed E-state index contributed by atoms with van der Waals surface area (Å²) in [5.74, 6) is -2.37. The fourth-order valence-electron chi connectivity index (χ4n) is 5.14. The quantitative estimate of drug-likeness (QED) is 0.175. The number of alkyl halides is 6. The standard InChI is InChI=1S/C30H23BrF6N2O3/c31-20-10-11-23-22(15-20)21-13-14-38-28(41)27(25(26(21)39-23)17-4-8-19(9-5-17)30(35,36)37)42-24(40)12-3-16-1-6-18(7-2-16)29(32,33)34/h1-2,4-11,15,25,27,39H,3,12-14H2,(H,38,41)/t25-,27+/m1/s1. The van der Waals surface area contributed by atoms with E-state index in [1.54, 1.807) is 0 Å². The smallest absolute Gasteiger partial charge is 0.416 e. The zero-order valence-electron chi connectivity index (χ0n) is 21.7. The molecule has 0 saturated carbocycles. The number of benzene rings is 3. The molecule has 12 heteroatoms. The van der Waals surface area contributed by atoms with Crippen LogP contribution in [0.2, 0.25) is 0 Å². The number of halogens is 7. The van der Waals surface area contributed by atoms with E-state index in [0.717, 1.165) is 45.2 Å². The summed E-state index contributed by atoms with van der Waals surface area (Å²) in [5.41, 5.74) is 1.20. The molecular weight excluding hydrogens is 630 g/mol. The largest absolute Gasteiger partial charge is 0.451 e. The van der Waals surface area contributed by atoms with Gasteiger partial charge in [-0.05, 0) is 72.0 Å². The van der Waals surface area contributed by atoms with Crippen LogP contribution >= 0.6 is 15.9 Å². The predicted molar refractivity (Wildman–Crippen MR) is 146 cm³/mol. The van der Waals surface area contributed by atoms with E-state index in [-0.39, 0.29) is 19.4 Å². The normalized spacial score (nSPS) is 17.7. The van der Waals surface area contributed by atoms with Crippen LogP contribution in [0.5, 0.6) is 0 Å². The molecule has 0 fully saturated rings. The molecule has 3 aromatic carbocycles. The minimum atomic E-state index is -4.57. The van der Waals surface area contributed by atoms with Gasteiger partial charge in [-0.25, -0.2) is 0 Å². The second-order valence-corrected chi connectivity index (χ2v) is 10.9. The van der Waals surface area contributed by atoms with Gasteiger partial charge in [-0.15, -0.1) is 0 Å². The monoisotopic (exact) mass is 652 g/mol. The van der Waals surface area contributed by atoms with Crippen molar-refractivity contribution in [2.24, 2.45) is 0 Å². The average molecular weight is 653 g/mol. The lowest BCUT2D eigenvalue weighted by molar-refractivity contribution is -0.157. The van der Waals surface area contributed by atoms with Gasteiger partial charge in [0.15, 0.2) is 6.10 Å². The molecule has 0 spiro atoms. The third-order valence-corrected chi connectivity index (χ3v) is 7.70. The number of aromatic amines is 1. The average Bonchev–Trinajstić information content (AvgIpc) is 3.26. The second kappa shape index (κ2) is 11.5. The molecule has 1 aliphatic rings. The summed E-state index contributed by atoms with van der Waals surface area (Å²) >= 11 is 3.46. The number of ether oxygens (including phenoxy) is 1. The van der Waals surface area contributed by atoms with Gasteiger partial charge in [0.2, 0.25) is 0 Å². The first-order chi connectivity index (χ1) is 19.8. The van der Waals surface area contributed by atoms with Crippen molar-refractivity contribution in [3.05, 3.63) is 105 Å². The van der Waals surface area contributed by atoms with Crippen molar-refractivity contribution in [3.8, 4) is 0 Å². The lowest BCUT2D eigenvalue weighted by Gasteiger charge is -2.29. The highest BCUT2D eigenvalue weighted by molar-refractivity contribution is 9.10. The number of carbonyl (C=O) groups is 2. The fraction of sp³-hybridized carbons (Fsp3) is 0.267. The molecule has 1 amide bonds. The van der Waals surface area contributed by atoms with Crippen molar-refractivity contribution in [1.82, 2.24) is 10.3 Å². The molecule has 0 saturated heterocycles. The molecule has 5 rings (SSSR count). The first-order valence-corrected chi connectivity index (χ1v) is 13.7. The van der Waals surface area contributed by atoms with E-state index in [1.807, 2.05) is 18.2 Å². The minimum absolute atomic E-state index is 0.0575. The number of hydrogen-bond donors (Lipinski definition) is 2. The van der Waals surface area contributed by atoms with Crippen LogP contribution in [0.25, 0.3) is 10.9 Å². The molecule has 4 aromatic rings. The highest BCUT2D eigenvalue weighted by Crippen LogP contribution is 2.39. The van der Waals surface area contributed by atoms with Crippen molar-refractivity contribution in [2.75, 3.05) is 6.54 Å². The summed E-state index contributed by atoms with van der Waals surface area (Å²) in [5, 5.41) is 3.60. The molecule has 0 bridgehead atoms. The number of rotatable bonds is 5. The van der Waals surface area contributed by atoms with Crippen LogP contribution in [-0.2, 0) is 39.5 Å². The Labute approximate surface area is 244 Å². The Balaban J connectivity index is 1.48. The molecule has 0 radical (unpaired) electrons. The second-order valence-electron chi connectivity index (χ2n) is 9.95. The Morgan fingerprint density at radius 3 is 2.14 bits per heavy atom. The highest BCUT2D eigenvalue weighted by atomic mass is 79.9. The van der Waals surface area contributed by atoms with E-state index in [4.69, 9.17) is 4.74 Å². The molecule has 2 N–H and O–H groups in total. The Bertz CT molecular complexity index is 1610. The first kappa shape index (κ1) is 29.7. The summed E-state index contributed by atoms with van der Waals surface area (Å²) in [6.07, 6.45) is -10.3. The van der Waals surface area contributed by atoms with Crippen molar-refractivity contribution >= 4 is 38.7 Å². The maximum absolute atomic E-state index is 13.3. The molecular formula is C30H23BrF6N2O3. The van der Waals surface area contributed by atoms with E-state index < -0.39 is 47.4 Å². The van der Waals surface area contributed by atoms with Gasteiger partial charge in [0, 0.05) is 34.0 Å². The SMILES string of the molecule is O=C(CCc1ccc(C(F)(F)F)cc1)O[C@@H]1C(=O)NCCc2c([nH]c3ccc(Br)cc23)[C@H]1c1ccc(C(F)(F)F)cc1. The number of hydrogen-bond acceptors (Lipinski definition) is 3. The van der Waals surface area contributed by atoms with Gasteiger partial charge < -0.3 is 15.0 Å². The number of esters is 1. The number of aryl methyl sites for hydroxylation is 1. The summed E-state index contributed by atoms with van der Waals surface area (Å²) in [6, 6.07) is 14.2. The van der Waals surface area contributed by atoms with E-state index in [2.05, 4.69) is 26.2 Å². The number of fused-ring (bicyclic) bond motifs is 3. The van der Waals surface area contributed by atoms with Gasteiger partial charge in [0.05, 0.1) is 17.0 Å². The molecule has 0 aliphatic carbocycles. The highest BCUT2D eigenvalue weighted by Gasteiger charge is 2.39. The van der Waals surface area contributed by atoms with Gasteiger partial charge >= 0.3 is 18.3 Å². The Morgan fingerprint density at radius 2 is 1.52 bits per heavy atom. The Hall–Kier alpha value is -3.80. The van der Waals surface area contributed by atoms with Gasteiger partial charge in [-0.1, -0.05) is 40.2 Å². The van der Waals surface area contributed by atoms with E-state index >= 15 is 0 Å². The Kier molecular flexibility index (Phi) is 8.10. The van der Waals surface area contributed by atoms with E-state index in [1.165, 1.54) is 24.3 Å². The van der Waals surface area contributed by atoms with Crippen LogP contribution in [0.1, 0.15) is 45.8 Å². The molecule has 42 heavy (non-hydrogen) atoms. The number of H-pyrrole nitrogens is 1. The van der Waals surface area contributed by atoms with Crippen LogP contribution in [0.4, 0.5) is 26.3 Å². The first-order valence-electron chi connectivity index (χ1n) is 12.9. The molecule has 2 heterocycles. The fourth-order valence-corrected chi connectivity index (χ4v) is 5.50. The van der Waals surface area contributed by atoms with Crippen LogP contribution in [0.15, 0.2) is 71.2 Å². The van der Waals surface area contributed by atoms with E-state index in [0.29, 0.717) is 23.2 Å². The van der Waals surface area contributed by atoms with Crippen LogP contribution in [0.3, 0.4) is 0 Å². The van der Waals surface area contributed by atoms with Gasteiger partial charge in [-0.3, -0.25) is 9.59 Å². The molecule has 0 unspecified atom stereocenters. The molecule has 5 nitrogen and oxygen atoms in total. The third-order valence-electron chi connectivity index (χ3n) is 7.20. The maximum atomic E-state index is 13.3. The molecule has 1 aliphatic heterocycles. The number of nitrogens with one attached hydrogen (secondary N) is 2. The number of carbonyl (C=O) groups excluding carboxylic acids is 2. The lowest BCUT2D eigenvalue weighted by Crippen LogP contribution is -2.44. The van der Waals surface area contributed by atoms with Gasteiger partial charge in [0.25, 0.3) is 5.91 Å². The minimum Gasteiger partial charge on any atom is -0.451 e. The van der Waals surface area contributed by atoms with Gasteiger partial charge in [0.1, 0.15) is 0 Å². The van der Waals surface area contributed by atoms with Crippen LogP contribution < -0.4 is 5.32 Å². The Morgan fingerprint density at radius 1 is 0.905 bits per heavy atom. The van der Waals surface area contributed by atoms with Crippen LogP contribution in [-0.4, -0.2) is 29.5 Å². The van der Waals surface area contributed by atoms with Crippen molar-refractivity contribution in [3.63, 3.8) is 0 Å². The summed E-state index contributed by atoms with van der Waals surface area (Å²) in [4.78, 5) is 29.6. The van der Waals surface area contributed by atoms with Gasteiger partial charge in [-0.2, -0.15) is 26.3 Å². The zero-order chi connectivity index (χ0) is 30.2. The summed E-state index contributed by atoms with van der Waals surface area (Å²) in [7, 11) is 0. The van der Waals surface area contributed by atoms with E-state index in [9.17, 15) is 35.9 Å². The summed E-state index contributed by atoms with van der Waals surface area (Å²) in [6.45, 7) is 0.227. The molecule has 1 aromatic heterocycles. The number of amides is 1. The molecule has 2 atom stereocenters. The predicted octanol–water partition coefficient (Wildman–Crippen LogP) is 7.32. The number of aromatic nitrogens is 1. The summed E-state index contributed by atoms with van der Waals surface area (Å²) < 4.78 is 85.1. The van der Waals surface area contributed by atoms with Crippen molar-refractivity contribution < 1.29 is 40.7 Å². The van der Waals surface area contributed by atoms with Crippen molar-refractivity contribution in [1.29, 1.82) is 0 Å². The molecule has 220 valence electrons. The third kappa shape index (κ3) is 6.33. The lowest BCUT2D eigenvalue weighted by atomic mass is 9.85. The van der Waals surface area contributed by atoms with Crippen LogP contribution in [0, 0.1) is 0 Å². The zero-order valence-corrected chi connectivity index (χ0v) is 23.3. The maximum Gasteiger partial charge on any atom is 0.416 e. The van der Waals surface area contributed by atoms with Crippen molar-refractivity contribution in [2.45, 2.75) is 43.6 Å².